The predicted octanol–water partition coefficient (Wildman–Crippen LogP) is 5.59. The summed E-state index contributed by atoms with van der Waals surface area (Å²) < 4.78 is 11.2. The standard InChI is InChI=1S/C30H32ClN9O3/c1-3-28(41)34-24-16-25(27(42-2)17-26(24)40-10-8-21(9-11-40)39-12-14-43-15-13-39)37-38-30-33-19-22(31)29(36-30)35-23-7-5-4-6-20(23)18-32/h3-7,16-17,19,21H,1,8-15H2,2H3,(H,34,41)(H,33,35,36). The molecule has 0 spiro atoms. The van der Waals surface area contributed by atoms with Crippen LogP contribution >= 0.6 is 11.6 Å². The molecule has 2 aromatic carbocycles. The summed E-state index contributed by atoms with van der Waals surface area (Å²) in [6.45, 7) is 8.71. The first-order valence-electron chi connectivity index (χ1n) is 13.9. The molecular formula is C30H32ClN9O3. The Balaban J connectivity index is 1.39. The first kappa shape index (κ1) is 29.9. The Kier molecular flexibility index (Phi) is 9.78. The number of nitrogens with zero attached hydrogens (tertiary/aromatic N) is 7. The van der Waals surface area contributed by atoms with Gasteiger partial charge in [0, 0.05) is 38.3 Å². The molecule has 0 atom stereocenters. The second-order valence-corrected chi connectivity index (χ2v) is 10.4. The maximum atomic E-state index is 12.4. The Morgan fingerprint density at radius 1 is 1.19 bits per heavy atom. The predicted molar refractivity (Wildman–Crippen MR) is 165 cm³/mol. The fourth-order valence-corrected chi connectivity index (χ4v) is 5.31. The van der Waals surface area contributed by atoms with Gasteiger partial charge in [0.15, 0.2) is 5.82 Å². The number of benzene rings is 2. The molecule has 5 rings (SSSR count). The average molecular weight is 602 g/mol. The molecule has 12 nitrogen and oxygen atoms in total. The van der Waals surface area contributed by atoms with Crippen molar-refractivity contribution in [2.75, 3.05) is 62.0 Å². The van der Waals surface area contributed by atoms with E-state index in [1.807, 2.05) is 6.07 Å². The van der Waals surface area contributed by atoms with E-state index in [0.717, 1.165) is 57.9 Å². The maximum absolute atomic E-state index is 12.4. The molecule has 43 heavy (non-hydrogen) atoms. The van der Waals surface area contributed by atoms with Gasteiger partial charge in [0.1, 0.15) is 22.5 Å². The molecule has 0 bridgehead atoms. The first-order valence-corrected chi connectivity index (χ1v) is 14.3. The minimum absolute atomic E-state index is 0.0364. The van der Waals surface area contributed by atoms with E-state index in [0.29, 0.717) is 34.4 Å². The number of carbonyl (C=O) groups is 1. The van der Waals surface area contributed by atoms with Crippen LogP contribution in [0.2, 0.25) is 5.02 Å². The second-order valence-electron chi connectivity index (χ2n) is 9.95. The van der Waals surface area contributed by atoms with Crippen LogP contribution in [-0.4, -0.2) is 73.3 Å². The van der Waals surface area contributed by atoms with Crippen LogP contribution in [0, 0.1) is 11.3 Å². The molecule has 2 fully saturated rings. The molecule has 1 amide bonds. The second kappa shape index (κ2) is 14.1. The number of halogens is 1. The van der Waals surface area contributed by atoms with E-state index in [9.17, 15) is 10.1 Å². The summed E-state index contributed by atoms with van der Waals surface area (Å²) in [4.78, 5) is 25.7. The number of hydrogen-bond acceptors (Lipinski definition) is 11. The first-order chi connectivity index (χ1) is 21.0. The summed E-state index contributed by atoms with van der Waals surface area (Å²) in [5.74, 6) is 0.442. The van der Waals surface area contributed by atoms with Crippen LogP contribution in [0.4, 0.5) is 34.5 Å². The minimum Gasteiger partial charge on any atom is -0.494 e. The third kappa shape index (κ3) is 7.26. The number of amides is 1. The van der Waals surface area contributed by atoms with Crippen LogP contribution in [0.1, 0.15) is 18.4 Å². The molecule has 2 N–H and O–H groups in total. The van der Waals surface area contributed by atoms with Crippen LogP contribution in [-0.2, 0) is 9.53 Å². The monoisotopic (exact) mass is 601 g/mol. The molecule has 0 aliphatic carbocycles. The molecular weight excluding hydrogens is 570 g/mol. The lowest BCUT2D eigenvalue weighted by atomic mass is 10.0. The normalized spacial score (nSPS) is 16.1. The van der Waals surface area contributed by atoms with Gasteiger partial charge in [-0.05, 0) is 37.1 Å². The molecule has 13 heteroatoms. The van der Waals surface area contributed by atoms with Crippen LogP contribution in [0.25, 0.3) is 0 Å². The Morgan fingerprint density at radius 3 is 2.67 bits per heavy atom. The number of ether oxygens (including phenoxy) is 2. The molecule has 2 saturated heterocycles. The lowest BCUT2D eigenvalue weighted by molar-refractivity contribution is -0.111. The number of nitrogens with one attached hydrogen (secondary N) is 2. The third-order valence-electron chi connectivity index (χ3n) is 7.39. The van der Waals surface area contributed by atoms with Gasteiger partial charge in [-0.25, -0.2) is 4.98 Å². The molecule has 0 radical (unpaired) electrons. The van der Waals surface area contributed by atoms with Crippen LogP contribution in [0.5, 0.6) is 5.75 Å². The fourth-order valence-electron chi connectivity index (χ4n) is 5.17. The summed E-state index contributed by atoms with van der Waals surface area (Å²) in [5, 5.41) is 24.2. The molecule has 222 valence electrons. The van der Waals surface area contributed by atoms with E-state index in [2.05, 4.69) is 53.3 Å². The average Bonchev–Trinajstić information content (AvgIpc) is 3.05. The van der Waals surface area contributed by atoms with Crippen molar-refractivity contribution in [3.8, 4) is 11.8 Å². The van der Waals surface area contributed by atoms with Crippen molar-refractivity contribution in [2.24, 2.45) is 10.2 Å². The van der Waals surface area contributed by atoms with Crippen LogP contribution < -0.4 is 20.3 Å². The highest BCUT2D eigenvalue weighted by Gasteiger charge is 2.28. The highest BCUT2D eigenvalue weighted by Crippen LogP contribution is 2.40. The maximum Gasteiger partial charge on any atom is 0.270 e. The SMILES string of the molecule is C=CC(=O)Nc1cc(N=Nc2ncc(Cl)c(Nc3ccccc3C#N)n2)c(OC)cc1N1CCC(N2CCOCC2)CC1. The Hall–Kier alpha value is -4.57. The number of carbonyl (C=O) groups excluding carboxylic acids is 1. The van der Waals surface area contributed by atoms with Crippen molar-refractivity contribution in [3.05, 3.63) is 65.8 Å². The van der Waals surface area contributed by atoms with Gasteiger partial charge < -0.3 is 25.0 Å². The van der Waals surface area contributed by atoms with Crippen LogP contribution in [0.3, 0.4) is 0 Å². The zero-order valence-electron chi connectivity index (χ0n) is 23.8. The van der Waals surface area contributed by atoms with Gasteiger partial charge in [-0.1, -0.05) is 30.3 Å². The third-order valence-corrected chi connectivity index (χ3v) is 7.66. The molecule has 0 unspecified atom stereocenters. The van der Waals surface area contributed by atoms with E-state index >= 15 is 0 Å². The molecule has 3 aromatic rings. The fraction of sp³-hybridized carbons (Fsp3) is 0.333. The lowest BCUT2D eigenvalue weighted by Gasteiger charge is -2.41. The van der Waals surface area contributed by atoms with Crippen molar-refractivity contribution in [1.82, 2.24) is 14.9 Å². The van der Waals surface area contributed by atoms with Gasteiger partial charge in [-0.3, -0.25) is 9.69 Å². The summed E-state index contributed by atoms with van der Waals surface area (Å²) in [5.41, 5.74) is 2.75. The number of hydrogen-bond donors (Lipinski definition) is 2. The summed E-state index contributed by atoms with van der Waals surface area (Å²) >= 11 is 6.31. The Bertz CT molecular complexity index is 1540. The quantitative estimate of drug-likeness (QED) is 0.237. The number of nitriles is 1. The number of anilines is 4. The minimum atomic E-state index is -0.341. The van der Waals surface area contributed by atoms with E-state index < -0.39 is 0 Å². The number of methoxy groups -OCH3 is 1. The molecule has 2 aliphatic rings. The summed E-state index contributed by atoms with van der Waals surface area (Å²) in [7, 11) is 1.55. The van der Waals surface area contributed by atoms with Gasteiger partial charge in [0.25, 0.3) is 5.95 Å². The Labute approximate surface area is 255 Å². The van der Waals surface area contributed by atoms with Crippen molar-refractivity contribution < 1.29 is 14.3 Å². The molecule has 2 aliphatic heterocycles. The largest absolute Gasteiger partial charge is 0.494 e. The van der Waals surface area contributed by atoms with Gasteiger partial charge in [-0.2, -0.15) is 10.2 Å². The van der Waals surface area contributed by atoms with Gasteiger partial charge in [-0.15, -0.1) is 10.2 Å². The highest BCUT2D eigenvalue weighted by atomic mass is 35.5. The molecule has 1 aromatic heterocycles. The van der Waals surface area contributed by atoms with Gasteiger partial charge >= 0.3 is 0 Å². The number of morpholine rings is 1. The van der Waals surface area contributed by atoms with Crippen molar-refractivity contribution in [3.63, 3.8) is 0 Å². The lowest BCUT2D eigenvalue weighted by Crippen LogP contribution is -2.49. The Morgan fingerprint density at radius 2 is 1.95 bits per heavy atom. The zero-order chi connectivity index (χ0) is 30.2. The smallest absolute Gasteiger partial charge is 0.270 e. The van der Waals surface area contributed by atoms with E-state index in [4.69, 9.17) is 21.1 Å². The topological polar surface area (TPSA) is 140 Å². The zero-order valence-corrected chi connectivity index (χ0v) is 24.5. The van der Waals surface area contributed by atoms with Crippen molar-refractivity contribution >= 4 is 52.0 Å². The number of piperidine rings is 1. The highest BCUT2D eigenvalue weighted by molar-refractivity contribution is 6.32. The van der Waals surface area contributed by atoms with Crippen molar-refractivity contribution in [1.29, 1.82) is 5.26 Å². The molecule has 0 saturated carbocycles. The van der Waals surface area contributed by atoms with E-state index in [1.165, 1.54) is 12.3 Å². The summed E-state index contributed by atoms with van der Waals surface area (Å²) in [6, 6.07) is 13.2. The van der Waals surface area contributed by atoms with Gasteiger partial charge in [0.05, 0.1) is 49.1 Å². The molecule has 3 heterocycles. The van der Waals surface area contributed by atoms with Crippen LogP contribution in [0.15, 0.2) is 65.5 Å². The number of azo groups is 1. The van der Waals surface area contributed by atoms with Crippen molar-refractivity contribution in [2.45, 2.75) is 18.9 Å². The summed E-state index contributed by atoms with van der Waals surface area (Å²) in [6.07, 6.45) is 4.63. The van der Waals surface area contributed by atoms with Gasteiger partial charge in [0.2, 0.25) is 5.91 Å². The number of aromatic nitrogens is 2. The van der Waals surface area contributed by atoms with E-state index in [1.54, 1.807) is 37.4 Å². The number of para-hydroxylation sites is 1. The van der Waals surface area contributed by atoms with E-state index in [-0.39, 0.29) is 22.7 Å². The number of rotatable bonds is 9.